The standard InChI is InChI=1S/C14H13N3O4/c1-8-7-12(17(20)21)9(2)6-11(8)16-14(19)10-4-3-5-13(18)15-10/h3-7H,1-2H3,(H,15,18)(H,16,19). The van der Waals surface area contributed by atoms with Gasteiger partial charge in [0.2, 0.25) is 5.56 Å². The normalized spacial score (nSPS) is 10.2. The van der Waals surface area contributed by atoms with Gasteiger partial charge >= 0.3 is 0 Å². The number of nitrogens with zero attached hydrogens (tertiary/aromatic N) is 1. The van der Waals surface area contributed by atoms with Gasteiger partial charge in [-0.05, 0) is 31.5 Å². The SMILES string of the molecule is Cc1cc([N+](=O)[O-])c(C)cc1NC(=O)c1cccc(=O)[nH]1. The summed E-state index contributed by atoms with van der Waals surface area (Å²) >= 11 is 0. The van der Waals surface area contributed by atoms with E-state index < -0.39 is 10.8 Å². The van der Waals surface area contributed by atoms with E-state index in [4.69, 9.17) is 0 Å². The van der Waals surface area contributed by atoms with Crippen LogP contribution >= 0.6 is 0 Å². The maximum Gasteiger partial charge on any atom is 0.272 e. The average molecular weight is 287 g/mol. The molecule has 7 heteroatoms. The Kier molecular flexibility index (Phi) is 3.84. The van der Waals surface area contributed by atoms with Crippen LogP contribution in [0.25, 0.3) is 0 Å². The summed E-state index contributed by atoms with van der Waals surface area (Å²) in [7, 11) is 0. The first-order chi connectivity index (χ1) is 9.88. The third-order valence-corrected chi connectivity index (χ3v) is 3.00. The molecule has 1 amide bonds. The molecule has 2 N–H and O–H groups in total. The molecule has 0 aliphatic carbocycles. The van der Waals surface area contributed by atoms with E-state index in [0.717, 1.165) is 0 Å². The summed E-state index contributed by atoms with van der Waals surface area (Å²) in [6, 6.07) is 7.19. The molecule has 0 atom stereocenters. The third-order valence-electron chi connectivity index (χ3n) is 3.00. The largest absolute Gasteiger partial charge is 0.320 e. The van der Waals surface area contributed by atoms with Crippen LogP contribution in [0.5, 0.6) is 0 Å². The second-order valence-corrected chi connectivity index (χ2v) is 4.59. The highest BCUT2D eigenvalue weighted by molar-refractivity contribution is 6.03. The topological polar surface area (TPSA) is 105 Å². The lowest BCUT2D eigenvalue weighted by Crippen LogP contribution is -2.18. The Bertz CT molecular complexity index is 780. The van der Waals surface area contributed by atoms with Gasteiger partial charge in [-0.2, -0.15) is 0 Å². The maximum absolute atomic E-state index is 12.0. The number of aromatic amines is 1. The van der Waals surface area contributed by atoms with Gasteiger partial charge in [-0.1, -0.05) is 6.07 Å². The zero-order chi connectivity index (χ0) is 15.6. The average Bonchev–Trinajstić information content (AvgIpc) is 2.42. The highest BCUT2D eigenvalue weighted by Gasteiger charge is 2.15. The Balaban J connectivity index is 2.32. The van der Waals surface area contributed by atoms with Crippen LogP contribution in [0.3, 0.4) is 0 Å². The molecule has 0 aliphatic heterocycles. The van der Waals surface area contributed by atoms with Crippen molar-refractivity contribution in [3.05, 3.63) is 67.6 Å². The van der Waals surface area contributed by atoms with Crippen molar-refractivity contribution < 1.29 is 9.72 Å². The summed E-state index contributed by atoms with van der Waals surface area (Å²) in [4.78, 5) is 36.0. The number of rotatable bonds is 3. The van der Waals surface area contributed by atoms with E-state index in [1.54, 1.807) is 13.8 Å². The minimum absolute atomic E-state index is 0.00128. The summed E-state index contributed by atoms with van der Waals surface area (Å²) in [5, 5.41) is 13.5. The molecule has 0 aliphatic rings. The summed E-state index contributed by atoms with van der Waals surface area (Å²) in [5.41, 5.74) is 1.23. The molecule has 0 fully saturated rings. The van der Waals surface area contributed by atoms with E-state index >= 15 is 0 Å². The van der Waals surface area contributed by atoms with Crippen LogP contribution in [-0.4, -0.2) is 15.8 Å². The monoisotopic (exact) mass is 287 g/mol. The van der Waals surface area contributed by atoms with E-state index in [2.05, 4.69) is 10.3 Å². The summed E-state index contributed by atoms with van der Waals surface area (Å²) in [5.74, 6) is -0.482. The van der Waals surface area contributed by atoms with Crippen molar-refractivity contribution in [2.45, 2.75) is 13.8 Å². The van der Waals surface area contributed by atoms with E-state index in [1.807, 2.05) is 0 Å². The molecule has 7 nitrogen and oxygen atoms in total. The quantitative estimate of drug-likeness (QED) is 0.666. The summed E-state index contributed by atoms with van der Waals surface area (Å²) < 4.78 is 0. The molecule has 1 aromatic heterocycles. The van der Waals surface area contributed by atoms with Gasteiger partial charge in [-0.25, -0.2) is 0 Å². The van der Waals surface area contributed by atoms with Crippen LogP contribution in [-0.2, 0) is 0 Å². The van der Waals surface area contributed by atoms with E-state index in [-0.39, 0.29) is 16.9 Å². The van der Waals surface area contributed by atoms with Gasteiger partial charge in [0.25, 0.3) is 11.6 Å². The Morgan fingerprint density at radius 1 is 1.24 bits per heavy atom. The van der Waals surface area contributed by atoms with Crippen molar-refractivity contribution in [2.75, 3.05) is 5.32 Å². The molecule has 1 aromatic carbocycles. The fraction of sp³-hybridized carbons (Fsp3) is 0.143. The van der Waals surface area contributed by atoms with Crippen LogP contribution < -0.4 is 10.9 Å². The van der Waals surface area contributed by atoms with Crippen LogP contribution in [0.2, 0.25) is 0 Å². The molecule has 108 valence electrons. The van der Waals surface area contributed by atoms with Crippen molar-refractivity contribution in [3.63, 3.8) is 0 Å². The molecule has 2 aromatic rings. The summed E-state index contributed by atoms with van der Waals surface area (Å²) in [6.07, 6.45) is 0. The Labute approximate surface area is 119 Å². The molecule has 0 radical (unpaired) electrons. The lowest BCUT2D eigenvalue weighted by atomic mass is 10.1. The molecule has 0 unspecified atom stereocenters. The Morgan fingerprint density at radius 3 is 2.57 bits per heavy atom. The number of nitrogens with one attached hydrogen (secondary N) is 2. The number of hydrogen-bond donors (Lipinski definition) is 2. The number of anilines is 1. The molecule has 0 saturated carbocycles. The number of amides is 1. The smallest absolute Gasteiger partial charge is 0.272 e. The van der Waals surface area contributed by atoms with Gasteiger partial charge in [0.15, 0.2) is 0 Å². The molecule has 0 bridgehead atoms. The number of H-pyrrole nitrogens is 1. The number of carbonyl (C=O) groups is 1. The minimum Gasteiger partial charge on any atom is -0.320 e. The Morgan fingerprint density at radius 2 is 1.95 bits per heavy atom. The first-order valence-corrected chi connectivity index (χ1v) is 6.15. The fourth-order valence-electron chi connectivity index (χ4n) is 1.90. The summed E-state index contributed by atoms with van der Waals surface area (Å²) in [6.45, 7) is 3.26. The van der Waals surface area contributed by atoms with Crippen LogP contribution in [0.1, 0.15) is 21.6 Å². The lowest BCUT2D eigenvalue weighted by Gasteiger charge is -2.09. The van der Waals surface area contributed by atoms with Crippen LogP contribution in [0.4, 0.5) is 11.4 Å². The third kappa shape index (κ3) is 3.14. The van der Waals surface area contributed by atoms with Gasteiger partial charge in [0, 0.05) is 23.4 Å². The lowest BCUT2D eigenvalue weighted by molar-refractivity contribution is -0.385. The van der Waals surface area contributed by atoms with Gasteiger partial charge in [0.05, 0.1) is 4.92 Å². The number of aromatic nitrogens is 1. The molecule has 2 rings (SSSR count). The number of aryl methyl sites for hydroxylation is 2. The number of nitro groups is 1. The predicted octanol–water partition coefficient (Wildman–Crippen LogP) is 2.15. The van der Waals surface area contributed by atoms with E-state index in [9.17, 15) is 19.7 Å². The highest BCUT2D eigenvalue weighted by atomic mass is 16.6. The first-order valence-electron chi connectivity index (χ1n) is 6.15. The van der Waals surface area contributed by atoms with E-state index in [1.165, 1.54) is 30.3 Å². The van der Waals surface area contributed by atoms with Gasteiger partial charge < -0.3 is 10.3 Å². The number of benzene rings is 1. The van der Waals surface area contributed by atoms with Crippen molar-refractivity contribution in [2.24, 2.45) is 0 Å². The van der Waals surface area contributed by atoms with Crippen molar-refractivity contribution >= 4 is 17.3 Å². The van der Waals surface area contributed by atoms with Crippen molar-refractivity contribution in [1.82, 2.24) is 4.98 Å². The molecule has 0 spiro atoms. The number of pyridine rings is 1. The first kappa shape index (κ1) is 14.4. The fourth-order valence-corrected chi connectivity index (χ4v) is 1.90. The van der Waals surface area contributed by atoms with Crippen LogP contribution in [0, 0.1) is 24.0 Å². The maximum atomic E-state index is 12.0. The van der Waals surface area contributed by atoms with Gasteiger partial charge in [-0.3, -0.25) is 19.7 Å². The molecule has 0 saturated heterocycles. The Hall–Kier alpha value is -2.96. The number of carbonyl (C=O) groups excluding carboxylic acids is 1. The predicted molar refractivity (Wildman–Crippen MR) is 77.6 cm³/mol. The second kappa shape index (κ2) is 5.58. The zero-order valence-corrected chi connectivity index (χ0v) is 11.5. The van der Waals surface area contributed by atoms with Crippen molar-refractivity contribution in [1.29, 1.82) is 0 Å². The van der Waals surface area contributed by atoms with Crippen molar-refractivity contribution in [3.8, 4) is 0 Å². The van der Waals surface area contributed by atoms with E-state index in [0.29, 0.717) is 16.8 Å². The molecule has 21 heavy (non-hydrogen) atoms. The number of hydrogen-bond acceptors (Lipinski definition) is 4. The number of nitro benzene ring substituents is 1. The minimum atomic E-state index is -0.482. The van der Waals surface area contributed by atoms with Gasteiger partial charge in [0.1, 0.15) is 5.69 Å². The zero-order valence-electron chi connectivity index (χ0n) is 11.5. The van der Waals surface area contributed by atoms with Gasteiger partial charge in [-0.15, -0.1) is 0 Å². The molecular weight excluding hydrogens is 274 g/mol. The second-order valence-electron chi connectivity index (χ2n) is 4.59. The molecular formula is C14H13N3O4. The highest BCUT2D eigenvalue weighted by Crippen LogP contribution is 2.26. The van der Waals surface area contributed by atoms with Crippen LogP contribution in [0.15, 0.2) is 35.1 Å². The molecule has 1 heterocycles.